The summed E-state index contributed by atoms with van der Waals surface area (Å²) in [7, 11) is 0. The van der Waals surface area contributed by atoms with Gasteiger partial charge in [0.05, 0.1) is 30.0 Å². The number of hydrogen-bond donors (Lipinski definition) is 0. The number of aromatic nitrogens is 1. The van der Waals surface area contributed by atoms with Crippen LogP contribution in [0.2, 0.25) is 5.02 Å². The van der Waals surface area contributed by atoms with Gasteiger partial charge in [-0.15, -0.1) is 12.4 Å². The number of fused-ring (bicyclic) bond motifs is 1. The molecular formula is C23H27Cl2N3O3S. The number of nitrogens with zero attached hydrogens (tertiary/aromatic N) is 3. The Bertz CT molecular complexity index is 1050. The first-order chi connectivity index (χ1) is 15.0. The van der Waals surface area contributed by atoms with E-state index >= 15 is 0 Å². The van der Waals surface area contributed by atoms with Gasteiger partial charge >= 0.3 is 0 Å². The Balaban J connectivity index is 0.00000289. The molecule has 0 radical (unpaired) electrons. The Morgan fingerprint density at radius 1 is 1.25 bits per heavy atom. The molecule has 1 aliphatic heterocycles. The molecule has 9 heteroatoms. The van der Waals surface area contributed by atoms with E-state index < -0.39 is 0 Å². The average molecular weight is 496 g/mol. The number of rotatable bonds is 7. The topological polar surface area (TPSA) is 54.9 Å². The van der Waals surface area contributed by atoms with Crippen LogP contribution in [-0.2, 0) is 4.74 Å². The van der Waals surface area contributed by atoms with Crippen molar-refractivity contribution < 1.29 is 14.3 Å². The maximum absolute atomic E-state index is 13.5. The second-order valence-corrected chi connectivity index (χ2v) is 8.88. The van der Waals surface area contributed by atoms with Crippen LogP contribution in [-0.4, -0.2) is 61.8 Å². The van der Waals surface area contributed by atoms with Crippen molar-refractivity contribution in [3.05, 3.63) is 52.5 Å². The third-order valence-electron chi connectivity index (χ3n) is 5.27. The van der Waals surface area contributed by atoms with Crippen LogP contribution in [0.15, 0.2) is 36.4 Å². The highest BCUT2D eigenvalue weighted by molar-refractivity contribution is 7.22. The summed E-state index contributed by atoms with van der Waals surface area (Å²) in [6.45, 7) is 9.04. The molecule has 6 nitrogen and oxygen atoms in total. The zero-order valence-corrected chi connectivity index (χ0v) is 20.6. The lowest BCUT2D eigenvalue weighted by Gasteiger charge is -2.29. The van der Waals surface area contributed by atoms with Crippen molar-refractivity contribution in [2.45, 2.75) is 13.8 Å². The Hall–Kier alpha value is -1.90. The molecule has 0 spiro atoms. The van der Waals surface area contributed by atoms with Gasteiger partial charge in [-0.25, -0.2) is 4.98 Å². The Labute approximate surface area is 203 Å². The highest BCUT2D eigenvalue weighted by Crippen LogP contribution is 2.33. The zero-order chi connectivity index (χ0) is 21.8. The van der Waals surface area contributed by atoms with Crippen molar-refractivity contribution in [2.24, 2.45) is 0 Å². The lowest BCUT2D eigenvalue weighted by Crippen LogP contribution is -2.43. The van der Waals surface area contributed by atoms with Crippen LogP contribution in [0.25, 0.3) is 10.2 Å². The smallest absolute Gasteiger partial charge is 0.260 e. The fourth-order valence-corrected chi connectivity index (χ4v) is 5.07. The van der Waals surface area contributed by atoms with Gasteiger partial charge in [0.15, 0.2) is 5.13 Å². The molecule has 0 saturated carbocycles. The molecule has 1 saturated heterocycles. The van der Waals surface area contributed by atoms with Crippen LogP contribution >= 0.6 is 35.3 Å². The van der Waals surface area contributed by atoms with Gasteiger partial charge in [0, 0.05) is 36.8 Å². The molecule has 1 amide bonds. The van der Waals surface area contributed by atoms with E-state index in [4.69, 9.17) is 26.1 Å². The molecule has 0 atom stereocenters. The van der Waals surface area contributed by atoms with Gasteiger partial charge in [0.2, 0.25) is 0 Å². The first-order valence-electron chi connectivity index (χ1n) is 10.5. The number of thiazole rings is 1. The van der Waals surface area contributed by atoms with E-state index in [1.807, 2.05) is 50.2 Å². The normalized spacial score (nSPS) is 14.2. The lowest BCUT2D eigenvalue weighted by molar-refractivity contribution is 0.0391. The number of morpholine rings is 1. The fraction of sp³-hybridized carbons (Fsp3) is 0.391. The molecule has 0 bridgehead atoms. The van der Waals surface area contributed by atoms with Crippen molar-refractivity contribution in [3.63, 3.8) is 0 Å². The van der Waals surface area contributed by atoms with E-state index in [1.165, 1.54) is 11.3 Å². The van der Waals surface area contributed by atoms with Crippen molar-refractivity contribution >= 4 is 56.6 Å². The quantitative estimate of drug-likeness (QED) is 0.458. The molecule has 172 valence electrons. The molecular weight excluding hydrogens is 469 g/mol. The monoisotopic (exact) mass is 495 g/mol. The maximum Gasteiger partial charge on any atom is 0.260 e. The molecule has 1 fully saturated rings. The number of hydrogen-bond acceptors (Lipinski definition) is 6. The van der Waals surface area contributed by atoms with Gasteiger partial charge < -0.3 is 9.47 Å². The molecule has 4 rings (SSSR count). The largest absolute Gasteiger partial charge is 0.494 e. The highest BCUT2D eigenvalue weighted by atomic mass is 35.5. The molecule has 3 aromatic rings. The minimum atomic E-state index is -0.0703. The molecule has 1 aliphatic rings. The number of carbonyl (C=O) groups excluding carboxylic acids is 1. The van der Waals surface area contributed by atoms with Crippen LogP contribution in [0, 0.1) is 6.92 Å². The van der Waals surface area contributed by atoms with E-state index in [-0.39, 0.29) is 18.3 Å². The lowest BCUT2D eigenvalue weighted by atomic mass is 10.2. The molecule has 32 heavy (non-hydrogen) atoms. The number of benzene rings is 2. The Kier molecular flexibility index (Phi) is 8.73. The van der Waals surface area contributed by atoms with Crippen LogP contribution in [0.3, 0.4) is 0 Å². The van der Waals surface area contributed by atoms with E-state index in [1.54, 1.807) is 4.90 Å². The summed E-state index contributed by atoms with van der Waals surface area (Å²) < 4.78 is 11.9. The second kappa shape index (κ2) is 11.3. The summed E-state index contributed by atoms with van der Waals surface area (Å²) in [5, 5.41) is 1.37. The van der Waals surface area contributed by atoms with E-state index in [0.29, 0.717) is 28.9 Å². The van der Waals surface area contributed by atoms with Crippen LogP contribution in [0.4, 0.5) is 5.13 Å². The third-order valence-corrected chi connectivity index (χ3v) is 6.51. The van der Waals surface area contributed by atoms with E-state index in [9.17, 15) is 4.79 Å². The van der Waals surface area contributed by atoms with Crippen LogP contribution in [0.1, 0.15) is 22.8 Å². The summed E-state index contributed by atoms with van der Waals surface area (Å²) in [6.07, 6.45) is 0. The van der Waals surface area contributed by atoms with Gasteiger partial charge in [-0.05, 0) is 55.8 Å². The van der Waals surface area contributed by atoms with E-state index in [0.717, 1.165) is 54.4 Å². The predicted octanol–water partition coefficient (Wildman–Crippen LogP) is 5.06. The van der Waals surface area contributed by atoms with Gasteiger partial charge in [-0.2, -0.15) is 0 Å². The van der Waals surface area contributed by atoms with Crippen molar-refractivity contribution in [1.29, 1.82) is 0 Å². The predicted molar refractivity (Wildman–Crippen MR) is 133 cm³/mol. The molecule has 0 N–H and O–H groups in total. The molecule has 2 aromatic carbocycles. The highest BCUT2D eigenvalue weighted by Gasteiger charge is 2.23. The summed E-state index contributed by atoms with van der Waals surface area (Å²) in [5.41, 5.74) is 2.51. The SMILES string of the molecule is CCOc1ccc(C(=O)N(CCN2CCOCC2)c2nc3c(C)cc(Cl)cc3s2)cc1.Cl. The Morgan fingerprint density at radius 2 is 1.97 bits per heavy atom. The number of aryl methyl sites for hydroxylation is 1. The summed E-state index contributed by atoms with van der Waals surface area (Å²) >= 11 is 7.74. The van der Waals surface area contributed by atoms with Gasteiger partial charge in [0.25, 0.3) is 5.91 Å². The minimum Gasteiger partial charge on any atom is -0.494 e. The van der Waals surface area contributed by atoms with Crippen LogP contribution < -0.4 is 9.64 Å². The van der Waals surface area contributed by atoms with Gasteiger partial charge in [-0.3, -0.25) is 14.6 Å². The molecule has 2 heterocycles. The second-order valence-electron chi connectivity index (χ2n) is 7.43. The summed E-state index contributed by atoms with van der Waals surface area (Å²) in [6, 6.07) is 11.1. The molecule has 0 aliphatic carbocycles. The summed E-state index contributed by atoms with van der Waals surface area (Å²) in [5.74, 6) is 0.684. The molecule has 0 unspecified atom stereocenters. The van der Waals surface area contributed by atoms with Crippen molar-refractivity contribution in [3.8, 4) is 5.75 Å². The number of ether oxygens (including phenoxy) is 2. The Morgan fingerprint density at radius 3 is 2.66 bits per heavy atom. The van der Waals surface area contributed by atoms with Crippen LogP contribution in [0.5, 0.6) is 5.75 Å². The standard InChI is InChI=1S/C23H26ClN3O3S.ClH/c1-3-30-19-6-4-17(5-7-19)22(28)27(9-8-26-10-12-29-13-11-26)23-25-21-16(2)14-18(24)15-20(21)31-23;/h4-7,14-15H,3,8-13H2,1-2H3;1H. The van der Waals surface area contributed by atoms with E-state index in [2.05, 4.69) is 4.90 Å². The number of carbonyl (C=O) groups is 1. The van der Waals surface area contributed by atoms with Gasteiger partial charge in [0.1, 0.15) is 5.75 Å². The number of amides is 1. The van der Waals surface area contributed by atoms with Crippen molar-refractivity contribution in [1.82, 2.24) is 9.88 Å². The first kappa shape index (κ1) is 24.7. The summed E-state index contributed by atoms with van der Waals surface area (Å²) in [4.78, 5) is 22.4. The molecule has 1 aromatic heterocycles. The average Bonchev–Trinajstić information content (AvgIpc) is 3.19. The first-order valence-corrected chi connectivity index (χ1v) is 11.7. The number of halogens is 2. The maximum atomic E-state index is 13.5. The van der Waals surface area contributed by atoms with Crippen molar-refractivity contribution in [2.75, 3.05) is 50.9 Å². The third kappa shape index (κ3) is 5.71. The van der Waals surface area contributed by atoms with Gasteiger partial charge in [-0.1, -0.05) is 22.9 Å². The minimum absolute atomic E-state index is 0. The fourth-order valence-electron chi connectivity index (χ4n) is 3.62. The number of anilines is 1. The zero-order valence-electron chi connectivity index (χ0n) is 18.2.